The summed E-state index contributed by atoms with van der Waals surface area (Å²) in [5.41, 5.74) is -0.375. The molecule has 3 aromatic rings. The van der Waals surface area contributed by atoms with Crippen LogP contribution in [0, 0.1) is 6.92 Å². The molecule has 0 aliphatic rings. The molecule has 0 bridgehead atoms. The van der Waals surface area contributed by atoms with Gasteiger partial charge in [0.15, 0.2) is 5.96 Å². The molecule has 0 fully saturated rings. The van der Waals surface area contributed by atoms with E-state index < -0.39 is 5.60 Å². The number of aliphatic imine (C=N–C) groups is 1. The number of furan rings is 1. The van der Waals surface area contributed by atoms with Gasteiger partial charge in [0.05, 0.1) is 6.54 Å². The Balaban J connectivity index is 1.64. The van der Waals surface area contributed by atoms with Gasteiger partial charge < -0.3 is 24.7 Å². The average molecular weight is 418 g/mol. The highest BCUT2D eigenvalue weighted by atomic mass is 35.5. The third-order valence-corrected chi connectivity index (χ3v) is 4.41. The van der Waals surface area contributed by atoms with Crippen LogP contribution in [0.4, 0.5) is 0 Å². The van der Waals surface area contributed by atoms with Crippen LogP contribution in [0.5, 0.6) is 0 Å². The molecule has 0 radical (unpaired) electrons. The summed E-state index contributed by atoms with van der Waals surface area (Å²) in [5.74, 6) is 2.60. The van der Waals surface area contributed by atoms with Crippen LogP contribution in [0.3, 0.4) is 0 Å². The number of rotatable bonds is 7. The second kappa shape index (κ2) is 9.11. The Kier molecular flexibility index (Phi) is 6.56. The Morgan fingerprint density at radius 3 is 2.62 bits per heavy atom. The van der Waals surface area contributed by atoms with Crippen LogP contribution in [-0.4, -0.2) is 34.3 Å². The number of aliphatic hydroxyl groups is 1. The molecule has 3 N–H and O–H groups in total. The van der Waals surface area contributed by atoms with Crippen molar-refractivity contribution in [1.29, 1.82) is 0 Å². The molecule has 1 unspecified atom stereocenters. The molecule has 1 atom stereocenters. The fraction of sp³-hybridized carbons (Fsp3) is 0.350. The van der Waals surface area contributed by atoms with E-state index in [-0.39, 0.29) is 13.1 Å². The standard InChI is InChI=1S/C20H24ClN5O3/c1-4-22-19(24-12-20(3,27)16-10-5-13(2)28-16)23-11-17-25-18(26-29-17)14-6-8-15(21)9-7-14/h5-10,27H,4,11-12H2,1-3H3,(H2,22,23,24). The monoisotopic (exact) mass is 417 g/mol. The molecule has 1 aromatic carbocycles. The first-order valence-corrected chi connectivity index (χ1v) is 9.65. The lowest BCUT2D eigenvalue weighted by atomic mass is 10.0. The van der Waals surface area contributed by atoms with Crippen molar-refractivity contribution in [2.24, 2.45) is 4.99 Å². The van der Waals surface area contributed by atoms with E-state index in [1.807, 2.05) is 32.0 Å². The minimum Gasteiger partial charge on any atom is -0.463 e. The second-order valence-corrected chi connectivity index (χ2v) is 7.19. The summed E-state index contributed by atoms with van der Waals surface area (Å²) in [5, 5.41) is 21.5. The van der Waals surface area contributed by atoms with Gasteiger partial charge in [-0.2, -0.15) is 4.98 Å². The van der Waals surface area contributed by atoms with E-state index in [9.17, 15) is 5.11 Å². The van der Waals surface area contributed by atoms with Gasteiger partial charge in [0.2, 0.25) is 11.7 Å². The van der Waals surface area contributed by atoms with Crippen LogP contribution in [0.2, 0.25) is 5.02 Å². The highest BCUT2D eigenvalue weighted by Crippen LogP contribution is 2.22. The summed E-state index contributed by atoms with van der Waals surface area (Å²) in [6, 6.07) is 10.8. The van der Waals surface area contributed by atoms with Gasteiger partial charge in [0.1, 0.15) is 23.7 Å². The molecule has 9 heteroatoms. The van der Waals surface area contributed by atoms with Crippen molar-refractivity contribution in [2.75, 3.05) is 13.1 Å². The second-order valence-electron chi connectivity index (χ2n) is 6.75. The average Bonchev–Trinajstić information content (AvgIpc) is 3.34. The summed E-state index contributed by atoms with van der Waals surface area (Å²) in [7, 11) is 0. The Morgan fingerprint density at radius 1 is 1.21 bits per heavy atom. The van der Waals surface area contributed by atoms with Gasteiger partial charge in [-0.15, -0.1) is 0 Å². The van der Waals surface area contributed by atoms with E-state index in [0.717, 1.165) is 11.3 Å². The van der Waals surface area contributed by atoms with Gasteiger partial charge in [-0.05, 0) is 57.2 Å². The third kappa shape index (κ3) is 5.58. The van der Waals surface area contributed by atoms with Gasteiger partial charge in [-0.25, -0.2) is 4.99 Å². The molecule has 0 saturated carbocycles. The summed E-state index contributed by atoms with van der Waals surface area (Å²) in [4.78, 5) is 8.80. The molecule has 0 amide bonds. The maximum absolute atomic E-state index is 10.7. The molecule has 0 saturated heterocycles. The minimum atomic E-state index is -1.18. The van der Waals surface area contributed by atoms with E-state index in [1.165, 1.54) is 0 Å². The number of aromatic nitrogens is 2. The Hall–Kier alpha value is -2.84. The molecular formula is C20H24ClN5O3. The lowest BCUT2D eigenvalue weighted by Crippen LogP contribution is -2.44. The van der Waals surface area contributed by atoms with Gasteiger partial charge in [0, 0.05) is 17.1 Å². The summed E-state index contributed by atoms with van der Waals surface area (Å²) >= 11 is 5.90. The minimum absolute atomic E-state index is 0.192. The molecule has 2 aromatic heterocycles. The highest BCUT2D eigenvalue weighted by molar-refractivity contribution is 6.30. The van der Waals surface area contributed by atoms with Crippen LogP contribution < -0.4 is 10.6 Å². The molecule has 2 heterocycles. The van der Waals surface area contributed by atoms with Gasteiger partial charge in [-0.3, -0.25) is 0 Å². The zero-order valence-corrected chi connectivity index (χ0v) is 17.3. The van der Waals surface area contributed by atoms with Crippen molar-refractivity contribution in [1.82, 2.24) is 20.8 Å². The Bertz CT molecular complexity index is 963. The predicted octanol–water partition coefficient (Wildman–Crippen LogP) is 3.25. The molecule has 0 aliphatic heterocycles. The number of nitrogens with one attached hydrogen (secondary N) is 2. The number of hydrogen-bond donors (Lipinski definition) is 3. The van der Waals surface area contributed by atoms with Crippen molar-refractivity contribution >= 4 is 17.6 Å². The Morgan fingerprint density at radius 2 is 1.97 bits per heavy atom. The van der Waals surface area contributed by atoms with E-state index in [4.69, 9.17) is 20.5 Å². The maximum atomic E-state index is 10.7. The molecule has 8 nitrogen and oxygen atoms in total. The first kappa shape index (κ1) is 20.9. The normalized spacial score (nSPS) is 13.9. The predicted molar refractivity (Wildman–Crippen MR) is 111 cm³/mol. The van der Waals surface area contributed by atoms with E-state index in [0.29, 0.717) is 35.0 Å². The number of benzene rings is 1. The van der Waals surface area contributed by atoms with E-state index in [2.05, 4.69) is 25.8 Å². The van der Waals surface area contributed by atoms with E-state index in [1.54, 1.807) is 25.1 Å². The van der Waals surface area contributed by atoms with Crippen LogP contribution in [-0.2, 0) is 12.1 Å². The third-order valence-electron chi connectivity index (χ3n) is 4.16. The largest absolute Gasteiger partial charge is 0.463 e. The van der Waals surface area contributed by atoms with Crippen molar-refractivity contribution in [3.05, 3.63) is 58.8 Å². The molecule has 3 rings (SSSR count). The molecular weight excluding hydrogens is 394 g/mol. The highest BCUT2D eigenvalue weighted by Gasteiger charge is 2.27. The first-order valence-electron chi connectivity index (χ1n) is 9.27. The summed E-state index contributed by atoms with van der Waals surface area (Å²) in [6.45, 7) is 6.54. The van der Waals surface area contributed by atoms with Crippen molar-refractivity contribution in [3.8, 4) is 11.4 Å². The smallest absolute Gasteiger partial charge is 0.248 e. The number of hydrogen-bond acceptors (Lipinski definition) is 6. The van der Waals surface area contributed by atoms with Crippen LogP contribution in [0.1, 0.15) is 31.3 Å². The molecule has 0 aliphatic carbocycles. The number of aryl methyl sites for hydroxylation is 1. The number of halogens is 1. The lowest BCUT2D eigenvalue weighted by molar-refractivity contribution is 0.0378. The topological polar surface area (TPSA) is 109 Å². The fourth-order valence-electron chi connectivity index (χ4n) is 2.59. The number of nitrogens with zero attached hydrogens (tertiary/aromatic N) is 3. The molecule has 29 heavy (non-hydrogen) atoms. The fourth-order valence-corrected chi connectivity index (χ4v) is 2.72. The summed E-state index contributed by atoms with van der Waals surface area (Å²) in [6.07, 6.45) is 0. The maximum Gasteiger partial charge on any atom is 0.248 e. The summed E-state index contributed by atoms with van der Waals surface area (Å²) < 4.78 is 10.8. The van der Waals surface area contributed by atoms with Crippen LogP contribution in [0.25, 0.3) is 11.4 Å². The quantitative estimate of drug-likeness (QED) is 0.400. The molecule has 154 valence electrons. The number of guanidine groups is 1. The van der Waals surface area contributed by atoms with Crippen molar-refractivity contribution in [3.63, 3.8) is 0 Å². The van der Waals surface area contributed by atoms with Gasteiger partial charge in [0.25, 0.3) is 0 Å². The first-order chi connectivity index (χ1) is 13.9. The zero-order chi connectivity index (χ0) is 20.9. The van der Waals surface area contributed by atoms with Gasteiger partial charge >= 0.3 is 0 Å². The molecule has 0 spiro atoms. The van der Waals surface area contributed by atoms with Crippen molar-refractivity contribution in [2.45, 2.75) is 32.9 Å². The SMILES string of the molecule is CCNC(=NCc1nc(-c2ccc(Cl)cc2)no1)NCC(C)(O)c1ccc(C)o1. The van der Waals surface area contributed by atoms with Gasteiger partial charge in [-0.1, -0.05) is 16.8 Å². The van der Waals surface area contributed by atoms with Crippen LogP contribution >= 0.6 is 11.6 Å². The Labute approximate surface area is 174 Å². The van der Waals surface area contributed by atoms with Crippen molar-refractivity contribution < 1.29 is 14.0 Å². The zero-order valence-electron chi connectivity index (χ0n) is 16.6. The lowest BCUT2D eigenvalue weighted by Gasteiger charge is -2.22. The van der Waals surface area contributed by atoms with Crippen LogP contribution in [0.15, 0.2) is 50.3 Å². The van der Waals surface area contributed by atoms with E-state index >= 15 is 0 Å².